The van der Waals surface area contributed by atoms with Gasteiger partial charge in [0, 0.05) is 19.1 Å². The van der Waals surface area contributed by atoms with Crippen LogP contribution in [0.1, 0.15) is 13.3 Å². The van der Waals surface area contributed by atoms with E-state index in [9.17, 15) is 8.42 Å². The lowest BCUT2D eigenvalue weighted by molar-refractivity contribution is 0.264. The van der Waals surface area contributed by atoms with Crippen molar-refractivity contribution in [2.45, 2.75) is 24.6 Å². The van der Waals surface area contributed by atoms with Crippen LogP contribution in [0.3, 0.4) is 0 Å². The standard InChI is InChI=1S/C7H13N3O2S/c1-2-7(3-8)13(11,12)10-4-6(9)5-10/h6-7H,2,4-5,9H2,1H3. The minimum absolute atomic E-state index is 0.0639. The van der Waals surface area contributed by atoms with Gasteiger partial charge in [0.1, 0.15) is 0 Å². The summed E-state index contributed by atoms with van der Waals surface area (Å²) in [5, 5.41) is 7.69. The Hall–Kier alpha value is -0.640. The summed E-state index contributed by atoms with van der Waals surface area (Å²) in [4.78, 5) is 0. The Bertz CT molecular complexity index is 313. The Morgan fingerprint density at radius 1 is 1.69 bits per heavy atom. The third-order valence-corrected chi connectivity index (χ3v) is 4.29. The molecule has 0 amide bonds. The average molecular weight is 203 g/mol. The molecule has 0 aromatic heterocycles. The number of hydrogen-bond donors (Lipinski definition) is 1. The molecule has 2 N–H and O–H groups in total. The summed E-state index contributed by atoms with van der Waals surface area (Å²) in [7, 11) is -3.41. The lowest BCUT2D eigenvalue weighted by Crippen LogP contribution is -2.59. The van der Waals surface area contributed by atoms with Crippen LogP contribution >= 0.6 is 0 Å². The van der Waals surface area contributed by atoms with Crippen LogP contribution in [0.2, 0.25) is 0 Å². The van der Waals surface area contributed by atoms with E-state index in [4.69, 9.17) is 11.0 Å². The predicted molar refractivity (Wildman–Crippen MR) is 48.2 cm³/mol. The van der Waals surface area contributed by atoms with E-state index < -0.39 is 15.3 Å². The molecule has 1 fully saturated rings. The Kier molecular flexibility index (Phi) is 2.91. The number of sulfonamides is 1. The van der Waals surface area contributed by atoms with Crippen LogP contribution in [0, 0.1) is 11.3 Å². The van der Waals surface area contributed by atoms with E-state index in [1.807, 2.05) is 0 Å². The van der Waals surface area contributed by atoms with Gasteiger partial charge in [-0.25, -0.2) is 8.42 Å². The molecule has 1 heterocycles. The highest BCUT2D eigenvalue weighted by Gasteiger charge is 2.38. The van der Waals surface area contributed by atoms with E-state index in [2.05, 4.69) is 0 Å². The van der Waals surface area contributed by atoms with Crippen molar-refractivity contribution in [1.82, 2.24) is 4.31 Å². The van der Waals surface area contributed by atoms with Gasteiger partial charge < -0.3 is 5.73 Å². The number of nitrogens with two attached hydrogens (primary N) is 1. The number of nitriles is 1. The van der Waals surface area contributed by atoms with Crippen molar-refractivity contribution in [2.75, 3.05) is 13.1 Å². The molecule has 0 aromatic carbocycles. The summed E-state index contributed by atoms with van der Waals surface area (Å²) in [6, 6.07) is 1.72. The van der Waals surface area contributed by atoms with Gasteiger partial charge in [-0.2, -0.15) is 9.57 Å². The first-order valence-electron chi connectivity index (χ1n) is 4.16. The maximum absolute atomic E-state index is 11.6. The van der Waals surface area contributed by atoms with Crippen LogP contribution in [0.15, 0.2) is 0 Å². The molecule has 13 heavy (non-hydrogen) atoms. The fourth-order valence-corrected chi connectivity index (χ4v) is 2.94. The van der Waals surface area contributed by atoms with E-state index in [1.54, 1.807) is 13.0 Å². The summed E-state index contributed by atoms with van der Waals surface area (Å²) in [6.45, 7) is 2.38. The molecule has 1 aliphatic heterocycles. The molecule has 1 aliphatic rings. The SMILES string of the molecule is CCC(C#N)S(=O)(=O)N1CC(N)C1. The number of hydrogen-bond acceptors (Lipinski definition) is 4. The molecule has 0 saturated carbocycles. The van der Waals surface area contributed by atoms with Crippen molar-refractivity contribution < 1.29 is 8.42 Å². The zero-order chi connectivity index (χ0) is 10.1. The van der Waals surface area contributed by atoms with Gasteiger partial charge in [-0.05, 0) is 6.42 Å². The molecule has 1 rings (SSSR count). The highest BCUT2D eigenvalue weighted by atomic mass is 32.2. The van der Waals surface area contributed by atoms with Crippen molar-refractivity contribution in [3.8, 4) is 6.07 Å². The second-order valence-corrected chi connectivity index (χ2v) is 5.26. The fourth-order valence-electron chi connectivity index (χ4n) is 1.23. The highest BCUT2D eigenvalue weighted by molar-refractivity contribution is 7.90. The van der Waals surface area contributed by atoms with Crippen LogP contribution in [-0.2, 0) is 10.0 Å². The highest BCUT2D eigenvalue weighted by Crippen LogP contribution is 2.17. The maximum atomic E-state index is 11.6. The summed E-state index contributed by atoms with van der Waals surface area (Å²) in [5.74, 6) is 0. The third-order valence-electron chi connectivity index (χ3n) is 2.11. The second-order valence-electron chi connectivity index (χ2n) is 3.15. The van der Waals surface area contributed by atoms with Gasteiger partial charge in [-0.1, -0.05) is 6.92 Å². The maximum Gasteiger partial charge on any atom is 0.230 e. The Labute approximate surface area is 78.2 Å². The number of nitrogens with zero attached hydrogens (tertiary/aromatic N) is 2. The van der Waals surface area contributed by atoms with Crippen LogP contribution in [0.5, 0.6) is 0 Å². The molecular formula is C7H13N3O2S. The Morgan fingerprint density at radius 3 is 2.54 bits per heavy atom. The lowest BCUT2D eigenvalue weighted by Gasteiger charge is -2.36. The van der Waals surface area contributed by atoms with Gasteiger partial charge in [-0.15, -0.1) is 0 Å². The first-order valence-corrected chi connectivity index (χ1v) is 5.66. The van der Waals surface area contributed by atoms with Crippen LogP contribution in [0.25, 0.3) is 0 Å². The summed E-state index contributed by atoms with van der Waals surface area (Å²) < 4.78 is 24.4. The van der Waals surface area contributed by atoms with E-state index in [0.29, 0.717) is 19.5 Å². The smallest absolute Gasteiger partial charge is 0.230 e. The summed E-state index contributed by atoms with van der Waals surface area (Å²) in [6.07, 6.45) is 0.324. The Balaban J connectivity index is 2.72. The van der Waals surface area contributed by atoms with Gasteiger partial charge in [0.05, 0.1) is 6.07 Å². The van der Waals surface area contributed by atoms with E-state index in [1.165, 1.54) is 4.31 Å². The zero-order valence-electron chi connectivity index (χ0n) is 7.47. The molecule has 0 aliphatic carbocycles. The second kappa shape index (κ2) is 3.62. The molecule has 0 aromatic rings. The zero-order valence-corrected chi connectivity index (χ0v) is 8.29. The van der Waals surface area contributed by atoms with Gasteiger partial charge >= 0.3 is 0 Å². The van der Waals surface area contributed by atoms with E-state index in [-0.39, 0.29) is 6.04 Å². The predicted octanol–water partition coefficient (Wildman–Crippen LogP) is -0.739. The molecule has 1 atom stereocenters. The van der Waals surface area contributed by atoms with Gasteiger partial charge in [0.25, 0.3) is 0 Å². The molecule has 1 saturated heterocycles. The van der Waals surface area contributed by atoms with Crippen molar-refractivity contribution >= 4 is 10.0 Å². The van der Waals surface area contributed by atoms with Gasteiger partial charge in [0.2, 0.25) is 10.0 Å². The topological polar surface area (TPSA) is 87.2 Å². The Morgan fingerprint density at radius 2 is 2.23 bits per heavy atom. The van der Waals surface area contributed by atoms with Crippen LogP contribution < -0.4 is 5.73 Å². The molecular weight excluding hydrogens is 190 g/mol. The van der Waals surface area contributed by atoms with Crippen LogP contribution in [0.4, 0.5) is 0 Å². The average Bonchev–Trinajstić information content (AvgIpc) is 2.00. The minimum atomic E-state index is -3.41. The van der Waals surface area contributed by atoms with E-state index in [0.717, 1.165) is 0 Å². The largest absolute Gasteiger partial charge is 0.325 e. The van der Waals surface area contributed by atoms with Gasteiger partial charge in [0.15, 0.2) is 5.25 Å². The summed E-state index contributed by atoms with van der Waals surface area (Å²) in [5.41, 5.74) is 5.46. The van der Waals surface area contributed by atoms with Crippen LogP contribution in [-0.4, -0.2) is 37.1 Å². The molecule has 1 unspecified atom stereocenters. The van der Waals surface area contributed by atoms with E-state index >= 15 is 0 Å². The first-order chi connectivity index (χ1) is 6.02. The van der Waals surface area contributed by atoms with Crippen molar-refractivity contribution in [2.24, 2.45) is 5.73 Å². The van der Waals surface area contributed by atoms with Crippen molar-refractivity contribution in [3.05, 3.63) is 0 Å². The summed E-state index contributed by atoms with van der Waals surface area (Å²) >= 11 is 0. The molecule has 0 spiro atoms. The normalized spacial score (nSPS) is 21.9. The molecule has 0 radical (unpaired) electrons. The minimum Gasteiger partial charge on any atom is -0.325 e. The number of rotatable bonds is 3. The molecule has 0 bridgehead atoms. The lowest BCUT2D eigenvalue weighted by atomic mass is 10.2. The molecule has 74 valence electrons. The first kappa shape index (κ1) is 10.4. The molecule has 5 nitrogen and oxygen atoms in total. The quantitative estimate of drug-likeness (QED) is 0.654. The molecule has 6 heteroatoms. The third kappa shape index (κ3) is 1.82. The monoisotopic (exact) mass is 203 g/mol. The van der Waals surface area contributed by atoms with Crippen molar-refractivity contribution in [1.29, 1.82) is 5.26 Å². The van der Waals surface area contributed by atoms with Gasteiger partial charge in [-0.3, -0.25) is 0 Å². The fraction of sp³-hybridized carbons (Fsp3) is 0.857. The van der Waals surface area contributed by atoms with Crippen molar-refractivity contribution in [3.63, 3.8) is 0 Å².